The number of benzene rings is 4. The third-order valence-corrected chi connectivity index (χ3v) is 9.58. The van der Waals surface area contributed by atoms with E-state index in [0.29, 0.717) is 5.65 Å². The standard InChI is InChI=1S/C26H21N4OSi.C11H8N.Ir/c1-32(2,3)18-12-13-19-20-10-7-11-21(24(20)31-23(19)16-18)26-28-25-22(14-15-27-29-25)30(26)17-8-5-4-6-9-17;1-2-6-10(7-3-1)11-8-4-5-9-12-11;/h4-10,12-16H,1-3H3;1-6,8-9H;/q2*-1;. The minimum atomic E-state index is -1.45. The largest absolute Gasteiger partial charge is 0.501 e. The van der Waals surface area contributed by atoms with Crippen LogP contribution in [0.2, 0.25) is 19.6 Å². The second-order valence-corrected chi connectivity index (χ2v) is 16.6. The van der Waals surface area contributed by atoms with Gasteiger partial charge < -0.3 is 14.0 Å². The molecule has 0 atom stereocenters. The van der Waals surface area contributed by atoms with Crippen molar-refractivity contribution in [3.8, 4) is 28.3 Å². The minimum Gasteiger partial charge on any atom is -0.501 e. The van der Waals surface area contributed by atoms with E-state index in [-0.39, 0.29) is 20.1 Å². The van der Waals surface area contributed by atoms with Crippen molar-refractivity contribution in [1.29, 1.82) is 0 Å². The summed E-state index contributed by atoms with van der Waals surface area (Å²) >= 11 is 0. The number of rotatable bonds is 4. The predicted molar refractivity (Wildman–Crippen MR) is 180 cm³/mol. The molecule has 8 aromatic rings. The van der Waals surface area contributed by atoms with Crippen molar-refractivity contribution in [3.05, 3.63) is 134 Å². The second kappa shape index (κ2) is 12.7. The number of fused-ring (bicyclic) bond motifs is 4. The Kier molecular flexibility index (Phi) is 8.54. The van der Waals surface area contributed by atoms with Crippen LogP contribution in [0.25, 0.3) is 61.4 Å². The zero-order valence-electron chi connectivity index (χ0n) is 25.0. The van der Waals surface area contributed by atoms with Gasteiger partial charge in [0.05, 0.1) is 31.2 Å². The number of hydrogen-bond acceptors (Lipinski definition) is 5. The van der Waals surface area contributed by atoms with Gasteiger partial charge in [0.2, 0.25) is 0 Å². The van der Waals surface area contributed by atoms with E-state index in [1.165, 1.54) is 5.19 Å². The van der Waals surface area contributed by atoms with Gasteiger partial charge in [-0.05, 0) is 36.0 Å². The minimum absolute atomic E-state index is 0. The number of para-hydroxylation sites is 1. The SMILES string of the molecule is C[Si](C)(C)c1ccc2c(c1)oc1c(-c3nc4nnccc4n3-c3ccccc3)[c-]ccc12.[Ir].[c-]1ccccc1-c1ccccn1. The molecule has 45 heavy (non-hydrogen) atoms. The molecule has 0 saturated heterocycles. The van der Waals surface area contributed by atoms with Gasteiger partial charge in [0.15, 0.2) is 5.65 Å². The van der Waals surface area contributed by atoms with Crippen molar-refractivity contribution >= 4 is 46.4 Å². The van der Waals surface area contributed by atoms with Crippen molar-refractivity contribution in [2.24, 2.45) is 0 Å². The molecule has 0 spiro atoms. The number of imidazole rings is 1. The molecule has 6 nitrogen and oxygen atoms in total. The van der Waals surface area contributed by atoms with Gasteiger partial charge in [0.1, 0.15) is 5.58 Å². The fraction of sp³-hybridized carbons (Fsp3) is 0.0811. The van der Waals surface area contributed by atoms with Crippen molar-refractivity contribution in [1.82, 2.24) is 24.7 Å². The van der Waals surface area contributed by atoms with E-state index >= 15 is 0 Å². The maximum atomic E-state index is 6.46. The van der Waals surface area contributed by atoms with Gasteiger partial charge in [0, 0.05) is 37.4 Å². The Labute approximate surface area is 276 Å². The summed E-state index contributed by atoms with van der Waals surface area (Å²) in [5.74, 6) is 0.738. The molecule has 0 N–H and O–H groups in total. The van der Waals surface area contributed by atoms with Crippen LogP contribution >= 0.6 is 0 Å². The molecule has 0 unspecified atom stereocenters. The van der Waals surface area contributed by atoms with Gasteiger partial charge in [-0.1, -0.05) is 78.2 Å². The Morgan fingerprint density at radius 3 is 2.33 bits per heavy atom. The van der Waals surface area contributed by atoms with Crippen LogP contribution in [0.15, 0.2) is 126 Å². The smallest absolute Gasteiger partial charge is 0.190 e. The van der Waals surface area contributed by atoms with Gasteiger partial charge in [0.25, 0.3) is 0 Å². The quantitative estimate of drug-likeness (QED) is 0.133. The summed E-state index contributed by atoms with van der Waals surface area (Å²) < 4.78 is 8.56. The molecule has 0 saturated carbocycles. The van der Waals surface area contributed by atoms with Gasteiger partial charge in [-0.3, -0.25) is 4.98 Å². The third-order valence-electron chi connectivity index (χ3n) is 7.53. The molecule has 0 aliphatic heterocycles. The first-order chi connectivity index (χ1) is 21.5. The Bertz CT molecular complexity index is 2170. The number of nitrogens with zero attached hydrogens (tertiary/aromatic N) is 5. The molecular weight excluding hydrogens is 751 g/mol. The van der Waals surface area contributed by atoms with Gasteiger partial charge in [-0.25, -0.2) is 0 Å². The van der Waals surface area contributed by atoms with Crippen molar-refractivity contribution in [2.45, 2.75) is 19.6 Å². The van der Waals surface area contributed by atoms with Crippen LogP contribution in [0.5, 0.6) is 0 Å². The third kappa shape index (κ3) is 6.00. The Hall–Kier alpha value is -4.75. The first-order valence-corrected chi connectivity index (χ1v) is 18.0. The number of pyridine rings is 1. The molecule has 1 radical (unpaired) electrons. The Balaban J connectivity index is 0.000000231. The molecule has 0 amide bonds. The second-order valence-electron chi connectivity index (χ2n) is 11.5. The maximum absolute atomic E-state index is 6.46. The van der Waals surface area contributed by atoms with Crippen molar-refractivity contribution < 1.29 is 24.5 Å². The molecular formula is C37H29IrN5OSi-2. The molecule has 4 aromatic heterocycles. The summed E-state index contributed by atoms with van der Waals surface area (Å²) in [6.45, 7) is 7.04. The van der Waals surface area contributed by atoms with E-state index in [2.05, 4.69) is 87.9 Å². The zero-order valence-corrected chi connectivity index (χ0v) is 28.4. The van der Waals surface area contributed by atoms with E-state index in [4.69, 9.17) is 9.40 Å². The van der Waals surface area contributed by atoms with Crippen LogP contribution in [-0.2, 0) is 20.1 Å². The summed E-state index contributed by atoms with van der Waals surface area (Å²) in [4.78, 5) is 9.06. The number of furan rings is 1. The molecule has 0 aliphatic rings. The number of hydrogen-bond donors (Lipinski definition) is 0. The van der Waals surface area contributed by atoms with E-state index in [0.717, 1.165) is 55.8 Å². The van der Waals surface area contributed by atoms with Crippen LogP contribution in [0, 0.1) is 12.1 Å². The van der Waals surface area contributed by atoms with Crippen molar-refractivity contribution in [3.63, 3.8) is 0 Å². The molecule has 4 heterocycles. The topological polar surface area (TPSA) is 69.6 Å². The maximum Gasteiger partial charge on any atom is 0.190 e. The van der Waals surface area contributed by atoms with E-state index in [1.54, 1.807) is 12.4 Å². The fourth-order valence-electron chi connectivity index (χ4n) is 5.29. The van der Waals surface area contributed by atoms with Crippen LogP contribution in [0.3, 0.4) is 0 Å². The summed E-state index contributed by atoms with van der Waals surface area (Å²) in [6.07, 6.45) is 3.48. The van der Waals surface area contributed by atoms with Crippen LogP contribution < -0.4 is 5.19 Å². The van der Waals surface area contributed by atoms with Crippen LogP contribution in [0.4, 0.5) is 0 Å². The van der Waals surface area contributed by atoms with Gasteiger partial charge in [-0.15, -0.1) is 59.2 Å². The summed E-state index contributed by atoms with van der Waals surface area (Å²) in [7, 11) is -1.45. The summed E-state index contributed by atoms with van der Waals surface area (Å²) in [6, 6.07) is 42.9. The van der Waals surface area contributed by atoms with Crippen molar-refractivity contribution in [2.75, 3.05) is 0 Å². The van der Waals surface area contributed by atoms with Crippen LogP contribution in [-0.4, -0.2) is 32.8 Å². The fourth-order valence-corrected chi connectivity index (χ4v) is 6.44. The molecule has 0 fully saturated rings. The zero-order chi connectivity index (χ0) is 30.1. The van der Waals surface area contributed by atoms with E-state index in [1.807, 2.05) is 72.8 Å². The molecule has 8 rings (SSSR count). The van der Waals surface area contributed by atoms with E-state index in [9.17, 15) is 0 Å². The Morgan fingerprint density at radius 2 is 1.58 bits per heavy atom. The molecule has 223 valence electrons. The molecule has 0 bridgehead atoms. The molecule has 0 aliphatic carbocycles. The average Bonchev–Trinajstić information content (AvgIpc) is 3.64. The molecule has 8 heteroatoms. The average molecular weight is 780 g/mol. The summed E-state index contributed by atoms with van der Waals surface area (Å²) in [5.41, 5.74) is 7.00. The van der Waals surface area contributed by atoms with E-state index < -0.39 is 8.07 Å². The first-order valence-electron chi connectivity index (χ1n) is 14.5. The normalized spacial score (nSPS) is 11.3. The van der Waals surface area contributed by atoms with Gasteiger partial charge in [-0.2, -0.15) is 5.10 Å². The van der Waals surface area contributed by atoms with Gasteiger partial charge >= 0.3 is 0 Å². The van der Waals surface area contributed by atoms with Crippen LogP contribution in [0.1, 0.15) is 0 Å². The Morgan fingerprint density at radius 1 is 0.756 bits per heavy atom. The molecule has 4 aromatic carbocycles. The number of aromatic nitrogens is 5. The summed E-state index contributed by atoms with van der Waals surface area (Å²) in [5, 5.41) is 11.8. The predicted octanol–water partition coefficient (Wildman–Crippen LogP) is 8.27. The first kappa shape index (κ1) is 30.3. The monoisotopic (exact) mass is 780 g/mol.